The predicted molar refractivity (Wildman–Crippen MR) is 26.8 cm³/mol. The maximum atomic E-state index is 9.84. The summed E-state index contributed by atoms with van der Waals surface area (Å²) in [5.74, 6) is 0. The lowest BCUT2D eigenvalue weighted by molar-refractivity contribution is 0.181. The number of thiol groups is 1. The molecule has 44 valence electrons. The summed E-state index contributed by atoms with van der Waals surface area (Å²) in [6.07, 6.45) is 0. The van der Waals surface area contributed by atoms with E-state index in [2.05, 4.69) is 4.74 Å². The van der Waals surface area contributed by atoms with E-state index in [0.29, 0.717) is 0 Å². The van der Waals surface area contributed by atoms with E-state index in [9.17, 15) is 8.42 Å². The first kappa shape index (κ1) is 6.91. The zero-order valence-electron chi connectivity index (χ0n) is 4.25. The topological polar surface area (TPSA) is 43.4 Å². The average Bonchev–Trinajstić information content (AvgIpc) is 1.65. The van der Waals surface area contributed by atoms with Gasteiger partial charge in [-0.15, -0.1) is 0 Å². The van der Waals surface area contributed by atoms with Gasteiger partial charge >= 0.3 is 0 Å². The minimum atomic E-state index is -2.38. The van der Waals surface area contributed by atoms with Crippen LogP contribution in [0.25, 0.3) is 0 Å². The van der Waals surface area contributed by atoms with Crippen LogP contribution >= 0.6 is 0 Å². The lowest BCUT2D eigenvalue weighted by Crippen LogP contribution is -2.04. The van der Waals surface area contributed by atoms with Gasteiger partial charge in [-0.3, -0.25) is 0 Å². The van der Waals surface area contributed by atoms with Crippen LogP contribution in [-0.2, 0) is 15.4 Å². The van der Waals surface area contributed by atoms with E-state index in [-0.39, 0.29) is 0 Å². The maximum absolute atomic E-state index is 9.84. The first-order valence-electron chi connectivity index (χ1n) is 1.84. The number of hydrogen-bond donors (Lipinski definition) is 1. The fourth-order valence-electron chi connectivity index (χ4n) is 0.0861. The molecule has 0 rings (SSSR count). The zero-order chi connectivity index (χ0) is 5.86. The average molecular weight is 124 g/mol. The predicted octanol–water partition coefficient (Wildman–Crippen LogP) is -0.410. The number of rotatable bonds is 2. The standard InChI is InChI=1S/C3H8O3S/c1-3(6-2)7(4)5/h3,7H,1-2H3. The molecule has 0 saturated heterocycles. The third kappa shape index (κ3) is 2.59. The fraction of sp³-hybridized carbons (Fsp3) is 1.00. The van der Waals surface area contributed by atoms with Crippen molar-refractivity contribution in [3.8, 4) is 0 Å². The normalized spacial score (nSPS) is 14.7. The Morgan fingerprint density at radius 2 is 2.00 bits per heavy atom. The van der Waals surface area contributed by atoms with Crippen LogP contribution in [0.4, 0.5) is 0 Å². The molecule has 7 heavy (non-hydrogen) atoms. The Balaban J connectivity index is 3.57. The van der Waals surface area contributed by atoms with Gasteiger partial charge in [-0.05, 0) is 6.92 Å². The molecule has 0 fully saturated rings. The largest absolute Gasteiger partial charge is 0.366 e. The van der Waals surface area contributed by atoms with E-state index in [4.69, 9.17) is 0 Å². The summed E-state index contributed by atoms with van der Waals surface area (Å²) in [7, 11) is -1.03. The molecule has 0 aliphatic rings. The Labute approximate surface area is 44.2 Å². The Hall–Kier alpha value is -0.0900. The molecule has 0 aliphatic carbocycles. The zero-order valence-corrected chi connectivity index (χ0v) is 5.14. The van der Waals surface area contributed by atoms with Crippen molar-refractivity contribution in [3.05, 3.63) is 0 Å². The smallest absolute Gasteiger partial charge is 0.166 e. The third-order valence-electron chi connectivity index (χ3n) is 0.638. The molecule has 0 amide bonds. The van der Waals surface area contributed by atoms with E-state index < -0.39 is 16.1 Å². The Morgan fingerprint density at radius 1 is 1.57 bits per heavy atom. The van der Waals surface area contributed by atoms with Crippen molar-refractivity contribution < 1.29 is 13.2 Å². The first-order chi connectivity index (χ1) is 3.18. The molecular formula is C3H8O3S. The van der Waals surface area contributed by atoms with Gasteiger partial charge in [-0.2, -0.15) is 0 Å². The molecule has 0 N–H and O–H groups in total. The summed E-state index contributed by atoms with van der Waals surface area (Å²) in [6.45, 7) is 1.48. The fourth-order valence-corrected chi connectivity index (χ4v) is 0.258. The van der Waals surface area contributed by atoms with Crippen LogP contribution < -0.4 is 0 Å². The highest BCUT2D eigenvalue weighted by Crippen LogP contribution is 1.83. The molecule has 0 aromatic carbocycles. The van der Waals surface area contributed by atoms with Crippen molar-refractivity contribution >= 4 is 10.7 Å². The molecule has 0 spiro atoms. The SMILES string of the molecule is COC(C)[SH](=O)=O. The van der Waals surface area contributed by atoms with Crippen LogP contribution in [0.2, 0.25) is 0 Å². The van der Waals surface area contributed by atoms with Crippen molar-refractivity contribution in [2.24, 2.45) is 0 Å². The molecule has 0 aromatic rings. The van der Waals surface area contributed by atoms with Gasteiger partial charge < -0.3 is 4.74 Å². The summed E-state index contributed by atoms with van der Waals surface area (Å²) in [5.41, 5.74) is -0.644. The second kappa shape index (κ2) is 2.98. The van der Waals surface area contributed by atoms with E-state index >= 15 is 0 Å². The van der Waals surface area contributed by atoms with Crippen molar-refractivity contribution in [1.29, 1.82) is 0 Å². The number of hydrogen-bond acceptors (Lipinski definition) is 3. The number of ether oxygens (including phenoxy) is 1. The van der Waals surface area contributed by atoms with Crippen LogP contribution in [0.1, 0.15) is 6.92 Å². The van der Waals surface area contributed by atoms with Gasteiger partial charge in [0.05, 0.1) is 0 Å². The lowest BCUT2D eigenvalue weighted by atomic mass is 10.9. The molecule has 0 aromatic heterocycles. The first-order valence-corrected chi connectivity index (χ1v) is 3.09. The van der Waals surface area contributed by atoms with Crippen LogP contribution in [0.3, 0.4) is 0 Å². The molecule has 0 bridgehead atoms. The van der Waals surface area contributed by atoms with Crippen molar-refractivity contribution in [2.45, 2.75) is 12.4 Å². The molecule has 4 heteroatoms. The van der Waals surface area contributed by atoms with Crippen LogP contribution in [-0.4, -0.2) is 21.0 Å². The highest BCUT2D eigenvalue weighted by molar-refractivity contribution is 7.72. The van der Waals surface area contributed by atoms with E-state index in [1.54, 1.807) is 0 Å². The summed E-state index contributed by atoms with van der Waals surface area (Å²) in [4.78, 5) is 0. The minimum absolute atomic E-state index is 0.644. The molecule has 3 nitrogen and oxygen atoms in total. The highest BCUT2D eigenvalue weighted by atomic mass is 32.2. The van der Waals surface area contributed by atoms with Crippen LogP contribution in [0.15, 0.2) is 0 Å². The summed E-state index contributed by atoms with van der Waals surface area (Å²) in [6, 6.07) is 0. The molecule has 1 atom stereocenters. The number of methoxy groups -OCH3 is 1. The highest BCUT2D eigenvalue weighted by Gasteiger charge is 1.96. The second-order valence-electron chi connectivity index (χ2n) is 1.12. The van der Waals surface area contributed by atoms with Crippen LogP contribution in [0.5, 0.6) is 0 Å². The Morgan fingerprint density at radius 3 is 2.00 bits per heavy atom. The summed E-state index contributed by atoms with van der Waals surface area (Å²) >= 11 is 0. The molecule has 0 aliphatic heterocycles. The Bertz CT molecular complexity index is 98.7. The van der Waals surface area contributed by atoms with E-state index in [0.717, 1.165) is 0 Å². The van der Waals surface area contributed by atoms with Gasteiger partial charge in [-0.1, -0.05) is 0 Å². The van der Waals surface area contributed by atoms with Gasteiger partial charge in [0, 0.05) is 7.11 Å². The van der Waals surface area contributed by atoms with Gasteiger partial charge in [0.1, 0.15) is 0 Å². The summed E-state index contributed by atoms with van der Waals surface area (Å²) < 4.78 is 24.1. The summed E-state index contributed by atoms with van der Waals surface area (Å²) in [5, 5.41) is 0. The molecule has 0 heterocycles. The maximum Gasteiger partial charge on any atom is 0.166 e. The van der Waals surface area contributed by atoms with Crippen molar-refractivity contribution in [2.75, 3.05) is 7.11 Å². The monoisotopic (exact) mass is 124 g/mol. The lowest BCUT2D eigenvalue weighted by Gasteiger charge is -1.95. The second-order valence-corrected chi connectivity index (χ2v) is 2.42. The van der Waals surface area contributed by atoms with Crippen LogP contribution in [0, 0.1) is 0 Å². The molecule has 1 unspecified atom stereocenters. The Kier molecular flexibility index (Phi) is 2.95. The third-order valence-corrected chi connectivity index (χ3v) is 1.44. The van der Waals surface area contributed by atoms with Gasteiger partial charge in [0.2, 0.25) is 0 Å². The van der Waals surface area contributed by atoms with Crippen molar-refractivity contribution in [1.82, 2.24) is 0 Å². The minimum Gasteiger partial charge on any atom is -0.366 e. The van der Waals surface area contributed by atoms with E-state index in [1.165, 1.54) is 14.0 Å². The van der Waals surface area contributed by atoms with Gasteiger partial charge in [0.15, 0.2) is 16.1 Å². The van der Waals surface area contributed by atoms with Crippen molar-refractivity contribution in [3.63, 3.8) is 0 Å². The van der Waals surface area contributed by atoms with Gasteiger partial charge in [0.25, 0.3) is 0 Å². The molecule has 0 radical (unpaired) electrons. The molecular weight excluding hydrogens is 116 g/mol. The quantitative estimate of drug-likeness (QED) is 0.509. The molecule has 0 saturated carbocycles. The van der Waals surface area contributed by atoms with Gasteiger partial charge in [-0.25, -0.2) is 8.42 Å². The van der Waals surface area contributed by atoms with E-state index in [1.807, 2.05) is 0 Å².